The molecule has 5 nitrogen and oxygen atoms in total. The zero-order valence-electron chi connectivity index (χ0n) is 14.2. The first-order valence-electron chi connectivity index (χ1n) is 8.84. The molecule has 1 saturated carbocycles. The smallest absolute Gasteiger partial charge is 0.314 e. The van der Waals surface area contributed by atoms with E-state index in [2.05, 4.69) is 0 Å². The summed E-state index contributed by atoms with van der Waals surface area (Å²) in [6.07, 6.45) is 3.00. The van der Waals surface area contributed by atoms with E-state index in [0.29, 0.717) is 24.4 Å². The molecule has 0 aromatic heterocycles. The standard InChI is InChI=1S/C19H24FNO4/c20-15-6-4-14(5-7-15)11-19(18(24)25)12-21(9-8-16(19)22)17(23)10-13-2-1-3-13/h4-7,13,16,22H,1-3,8-12H2,(H,24,25)/t16-,19+/m0/s1. The van der Waals surface area contributed by atoms with Gasteiger partial charge in [0, 0.05) is 19.5 Å². The van der Waals surface area contributed by atoms with Gasteiger partial charge in [-0.3, -0.25) is 9.59 Å². The maximum absolute atomic E-state index is 13.1. The Hall–Kier alpha value is -1.95. The normalized spacial score (nSPS) is 27.0. The predicted molar refractivity (Wildman–Crippen MR) is 89.3 cm³/mol. The van der Waals surface area contributed by atoms with Crippen molar-refractivity contribution < 1.29 is 24.2 Å². The highest BCUT2D eigenvalue weighted by Gasteiger charge is 2.50. The van der Waals surface area contributed by atoms with Gasteiger partial charge in [0.1, 0.15) is 11.2 Å². The van der Waals surface area contributed by atoms with E-state index in [1.54, 1.807) is 4.90 Å². The van der Waals surface area contributed by atoms with Crippen LogP contribution in [0.3, 0.4) is 0 Å². The number of rotatable bonds is 5. The Morgan fingerprint density at radius 3 is 2.44 bits per heavy atom. The van der Waals surface area contributed by atoms with Crippen LogP contribution < -0.4 is 0 Å². The fraction of sp³-hybridized carbons (Fsp3) is 0.579. The third-order valence-corrected chi connectivity index (χ3v) is 5.68. The van der Waals surface area contributed by atoms with Gasteiger partial charge < -0.3 is 15.1 Å². The van der Waals surface area contributed by atoms with Crippen molar-refractivity contribution in [1.82, 2.24) is 4.90 Å². The first kappa shape index (κ1) is 17.9. The van der Waals surface area contributed by atoms with Crippen LogP contribution in [0, 0.1) is 17.2 Å². The van der Waals surface area contributed by atoms with Gasteiger partial charge >= 0.3 is 5.97 Å². The number of piperidine rings is 1. The van der Waals surface area contributed by atoms with Crippen molar-refractivity contribution in [3.8, 4) is 0 Å². The molecule has 25 heavy (non-hydrogen) atoms. The molecule has 0 radical (unpaired) electrons. The lowest BCUT2D eigenvalue weighted by Crippen LogP contribution is -2.58. The SMILES string of the molecule is O=C(CC1CCC1)N1CC[C@H](O)[C@](Cc2ccc(F)cc2)(C(=O)O)C1. The van der Waals surface area contributed by atoms with Crippen LogP contribution in [0.25, 0.3) is 0 Å². The number of nitrogens with zero attached hydrogens (tertiary/aromatic N) is 1. The summed E-state index contributed by atoms with van der Waals surface area (Å²) in [5.74, 6) is -1.13. The molecule has 3 rings (SSSR count). The Kier molecular flexibility index (Phi) is 5.08. The molecule has 0 bridgehead atoms. The molecule has 1 heterocycles. The first-order chi connectivity index (χ1) is 11.9. The minimum atomic E-state index is -1.45. The summed E-state index contributed by atoms with van der Waals surface area (Å²) in [6, 6.07) is 5.61. The van der Waals surface area contributed by atoms with E-state index in [0.717, 1.165) is 19.3 Å². The van der Waals surface area contributed by atoms with Gasteiger partial charge in [-0.1, -0.05) is 18.6 Å². The third kappa shape index (κ3) is 3.68. The van der Waals surface area contributed by atoms with Crippen molar-refractivity contribution in [2.75, 3.05) is 13.1 Å². The average molecular weight is 349 g/mol. The van der Waals surface area contributed by atoms with Crippen LogP contribution in [0.1, 0.15) is 37.7 Å². The zero-order valence-corrected chi connectivity index (χ0v) is 14.2. The monoisotopic (exact) mass is 349 g/mol. The van der Waals surface area contributed by atoms with Gasteiger partial charge in [-0.25, -0.2) is 4.39 Å². The van der Waals surface area contributed by atoms with Crippen LogP contribution in [-0.4, -0.2) is 46.2 Å². The van der Waals surface area contributed by atoms with E-state index in [9.17, 15) is 24.2 Å². The van der Waals surface area contributed by atoms with Gasteiger partial charge in [0.2, 0.25) is 5.91 Å². The van der Waals surface area contributed by atoms with Gasteiger partial charge in [0.05, 0.1) is 6.10 Å². The van der Waals surface area contributed by atoms with Crippen molar-refractivity contribution in [3.63, 3.8) is 0 Å². The Morgan fingerprint density at radius 2 is 1.88 bits per heavy atom. The molecule has 0 unspecified atom stereocenters. The van der Waals surface area contributed by atoms with Crippen molar-refractivity contribution in [2.45, 2.75) is 44.6 Å². The fourth-order valence-electron chi connectivity index (χ4n) is 3.79. The Balaban J connectivity index is 1.78. The molecule has 2 N–H and O–H groups in total. The molecule has 1 aliphatic heterocycles. The second-order valence-electron chi connectivity index (χ2n) is 7.39. The van der Waals surface area contributed by atoms with Gasteiger partial charge in [-0.15, -0.1) is 0 Å². The minimum absolute atomic E-state index is 0.00751. The molecular formula is C19H24FNO4. The molecule has 2 aliphatic rings. The van der Waals surface area contributed by atoms with Crippen LogP contribution in [0.15, 0.2) is 24.3 Å². The van der Waals surface area contributed by atoms with Crippen molar-refractivity contribution in [3.05, 3.63) is 35.6 Å². The number of carbonyl (C=O) groups excluding carboxylic acids is 1. The molecule has 1 saturated heterocycles. The zero-order chi connectivity index (χ0) is 18.0. The number of carboxylic acid groups (broad SMARTS) is 1. The number of hydrogen-bond acceptors (Lipinski definition) is 3. The number of aliphatic hydroxyl groups is 1. The number of aliphatic carboxylic acids is 1. The highest BCUT2D eigenvalue weighted by atomic mass is 19.1. The van der Waals surface area contributed by atoms with Gasteiger partial charge in [0.25, 0.3) is 0 Å². The van der Waals surface area contributed by atoms with Gasteiger partial charge in [0.15, 0.2) is 0 Å². The summed E-state index contributed by atoms with van der Waals surface area (Å²) in [4.78, 5) is 26.1. The van der Waals surface area contributed by atoms with E-state index >= 15 is 0 Å². The van der Waals surface area contributed by atoms with E-state index in [4.69, 9.17) is 0 Å². The molecule has 1 amide bonds. The van der Waals surface area contributed by atoms with Crippen molar-refractivity contribution in [2.24, 2.45) is 11.3 Å². The van der Waals surface area contributed by atoms with Gasteiger partial charge in [-0.2, -0.15) is 0 Å². The third-order valence-electron chi connectivity index (χ3n) is 5.68. The second kappa shape index (κ2) is 7.12. The van der Waals surface area contributed by atoms with Crippen LogP contribution in [0.4, 0.5) is 4.39 Å². The fourth-order valence-corrected chi connectivity index (χ4v) is 3.79. The average Bonchev–Trinajstić information content (AvgIpc) is 2.54. The number of halogens is 1. The highest BCUT2D eigenvalue weighted by molar-refractivity contribution is 5.80. The summed E-state index contributed by atoms with van der Waals surface area (Å²) >= 11 is 0. The molecule has 0 spiro atoms. The number of likely N-dealkylation sites (tertiary alicyclic amines) is 1. The number of hydrogen-bond donors (Lipinski definition) is 2. The van der Waals surface area contributed by atoms with E-state index in [1.807, 2.05) is 0 Å². The summed E-state index contributed by atoms with van der Waals surface area (Å²) < 4.78 is 13.1. The molecule has 1 aliphatic carbocycles. The minimum Gasteiger partial charge on any atom is -0.481 e. The van der Waals surface area contributed by atoms with Crippen LogP contribution in [-0.2, 0) is 16.0 Å². The van der Waals surface area contributed by atoms with E-state index in [-0.39, 0.29) is 25.3 Å². The lowest BCUT2D eigenvalue weighted by Gasteiger charge is -2.44. The first-order valence-corrected chi connectivity index (χ1v) is 8.84. The molecule has 6 heteroatoms. The Morgan fingerprint density at radius 1 is 1.20 bits per heavy atom. The Labute approximate surface area is 146 Å². The number of benzene rings is 1. The largest absolute Gasteiger partial charge is 0.481 e. The number of carboxylic acids is 1. The lowest BCUT2D eigenvalue weighted by molar-refractivity contribution is -0.166. The number of amides is 1. The summed E-state index contributed by atoms with van der Waals surface area (Å²) in [5, 5.41) is 20.3. The summed E-state index contributed by atoms with van der Waals surface area (Å²) in [6.45, 7) is 0.373. The van der Waals surface area contributed by atoms with Crippen molar-refractivity contribution >= 4 is 11.9 Å². The number of aliphatic hydroxyl groups excluding tert-OH is 1. The second-order valence-corrected chi connectivity index (χ2v) is 7.39. The van der Waals surface area contributed by atoms with Crippen LogP contribution >= 0.6 is 0 Å². The molecule has 2 atom stereocenters. The molecule has 1 aromatic rings. The van der Waals surface area contributed by atoms with E-state index < -0.39 is 23.3 Å². The summed E-state index contributed by atoms with van der Waals surface area (Å²) in [7, 11) is 0. The topological polar surface area (TPSA) is 77.8 Å². The molecule has 136 valence electrons. The highest BCUT2D eigenvalue weighted by Crippen LogP contribution is 2.36. The van der Waals surface area contributed by atoms with Gasteiger partial charge in [-0.05, 0) is 49.3 Å². The quantitative estimate of drug-likeness (QED) is 0.854. The lowest BCUT2D eigenvalue weighted by atomic mass is 9.72. The Bertz CT molecular complexity index is 643. The number of carbonyl (C=O) groups is 2. The maximum Gasteiger partial charge on any atom is 0.314 e. The molecule has 2 fully saturated rings. The molecule has 1 aromatic carbocycles. The maximum atomic E-state index is 13.1. The predicted octanol–water partition coefficient (Wildman–Crippen LogP) is 2.22. The van der Waals surface area contributed by atoms with Crippen molar-refractivity contribution in [1.29, 1.82) is 0 Å². The molecular weight excluding hydrogens is 325 g/mol. The summed E-state index contributed by atoms with van der Waals surface area (Å²) in [5.41, 5.74) is -0.818. The van der Waals surface area contributed by atoms with Crippen LogP contribution in [0.2, 0.25) is 0 Å². The van der Waals surface area contributed by atoms with Crippen LogP contribution in [0.5, 0.6) is 0 Å². The van der Waals surface area contributed by atoms with E-state index in [1.165, 1.54) is 24.3 Å².